The number of nitrogens with zero attached hydrogens (tertiary/aromatic N) is 3. The quantitative estimate of drug-likeness (QED) is 0.176. The van der Waals surface area contributed by atoms with Crippen LogP contribution >= 0.6 is 0 Å². The van der Waals surface area contributed by atoms with Crippen LogP contribution in [-0.4, -0.2) is 13.7 Å². The molecule has 238 valence electrons. The van der Waals surface area contributed by atoms with Gasteiger partial charge in [-0.3, -0.25) is 0 Å². The molecule has 3 heterocycles. The first-order chi connectivity index (χ1) is 25.3. The highest BCUT2D eigenvalue weighted by Gasteiger charge is 2.24. The molecule has 0 atom stereocenters. The molecule has 0 N–H and O–H groups in total. The van der Waals surface area contributed by atoms with Gasteiger partial charge < -0.3 is 13.7 Å². The minimum Gasteiger partial charge on any atom is -0.309 e. The van der Waals surface area contributed by atoms with Gasteiger partial charge in [0.05, 0.1) is 38.8 Å². The summed E-state index contributed by atoms with van der Waals surface area (Å²) in [5.74, 6) is 0. The normalized spacial score (nSPS) is 11.9. The first-order valence-corrected chi connectivity index (χ1v) is 17.5. The highest BCUT2D eigenvalue weighted by molar-refractivity contribution is 6.25. The number of hydrogen-bond donors (Lipinski definition) is 0. The summed E-state index contributed by atoms with van der Waals surface area (Å²) in [6, 6.07) is 68.3. The van der Waals surface area contributed by atoms with Crippen molar-refractivity contribution in [3.8, 4) is 39.3 Å². The molecule has 3 aromatic heterocycles. The van der Waals surface area contributed by atoms with Gasteiger partial charge in [0.1, 0.15) is 0 Å². The van der Waals surface area contributed by atoms with Crippen molar-refractivity contribution in [2.45, 2.75) is 0 Å². The lowest BCUT2D eigenvalue weighted by Gasteiger charge is -2.19. The number of para-hydroxylation sites is 3. The van der Waals surface area contributed by atoms with Gasteiger partial charge >= 0.3 is 0 Å². The average molecular weight is 650 g/mol. The zero-order valence-electron chi connectivity index (χ0n) is 27.7. The lowest BCUT2D eigenvalue weighted by molar-refractivity contribution is 1.15. The summed E-state index contributed by atoms with van der Waals surface area (Å²) in [4.78, 5) is 0. The molecule has 0 aliphatic rings. The van der Waals surface area contributed by atoms with Crippen LogP contribution in [0.1, 0.15) is 0 Å². The smallest absolute Gasteiger partial charge is 0.0618 e. The van der Waals surface area contributed by atoms with E-state index in [0.717, 1.165) is 5.69 Å². The maximum atomic E-state index is 2.51. The Bertz CT molecular complexity index is 2930. The zero-order chi connectivity index (χ0) is 33.5. The van der Waals surface area contributed by atoms with Crippen molar-refractivity contribution in [2.75, 3.05) is 0 Å². The summed E-state index contributed by atoms with van der Waals surface area (Å²) in [6.07, 6.45) is 0. The van der Waals surface area contributed by atoms with Crippen molar-refractivity contribution in [3.05, 3.63) is 188 Å². The summed E-state index contributed by atoms with van der Waals surface area (Å²) in [5, 5.41) is 5.08. The van der Waals surface area contributed by atoms with Crippen molar-refractivity contribution in [1.82, 2.24) is 13.7 Å². The highest BCUT2D eigenvalue weighted by atomic mass is 15.0. The van der Waals surface area contributed by atoms with Crippen LogP contribution in [0, 0.1) is 0 Å². The fourth-order valence-corrected chi connectivity index (χ4v) is 8.53. The van der Waals surface area contributed by atoms with Gasteiger partial charge in [0, 0.05) is 44.0 Å². The van der Waals surface area contributed by atoms with Crippen LogP contribution in [0.15, 0.2) is 188 Å². The maximum absolute atomic E-state index is 2.51. The number of benzene rings is 8. The largest absolute Gasteiger partial charge is 0.309 e. The van der Waals surface area contributed by atoms with Crippen LogP contribution < -0.4 is 0 Å². The first kappa shape index (κ1) is 28.0. The van der Waals surface area contributed by atoms with Gasteiger partial charge in [0.2, 0.25) is 0 Å². The second-order valence-corrected chi connectivity index (χ2v) is 13.3. The molecule has 0 spiro atoms. The molecule has 0 radical (unpaired) electrons. The van der Waals surface area contributed by atoms with Crippen molar-refractivity contribution in [2.24, 2.45) is 0 Å². The van der Waals surface area contributed by atoms with E-state index in [9.17, 15) is 0 Å². The lowest BCUT2D eigenvalue weighted by Crippen LogP contribution is -2.02. The van der Waals surface area contributed by atoms with Crippen LogP contribution in [-0.2, 0) is 0 Å². The molecule has 3 heteroatoms. The van der Waals surface area contributed by atoms with Gasteiger partial charge in [-0.1, -0.05) is 133 Å². The number of aromatic nitrogens is 3. The van der Waals surface area contributed by atoms with Gasteiger partial charge in [0.15, 0.2) is 0 Å². The lowest BCUT2D eigenvalue weighted by atomic mass is 9.95. The summed E-state index contributed by atoms with van der Waals surface area (Å²) in [5.41, 5.74) is 15.5. The molecule has 8 aromatic carbocycles. The van der Waals surface area contributed by atoms with Crippen LogP contribution in [0.3, 0.4) is 0 Å². The van der Waals surface area contributed by atoms with E-state index < -0.39 is 0 Å². The SMILES string of the molecule is c1ccc(-c2cccc(-c3ccccc3)c2-n2c3ccccc3c3ccc(-n4c5cccc6c5c5c(cccc54)n6-c4ccccc4)cc32)cc1. The van der Waals surface area contributed by atoms with E-state index >= 15 is 0 Å². The summed E-state index contributed by atoms with van der Waals surface area (Å²) >= 11 is 0. The number of fused-ring (bicyclic) bond motifs is 3. The Kier molecular flexibility index (Phi) is 5.96. The molecule has 51 heavy (non-hydrogen) atoms. The van der Waals surface area contributed by atoms with Gasteiger partial charge in [-0.15, -0.1) is 0 Å². The van der Waals surface area contributed by atoms with Crippen LogP contribution in [0.5, 0.6) is 0 Å². The molecule has 0 unspecified atom stereocenters. The van der Waals surface area contributed by atoms with Crippen LogP contribution in [0.4, 0.5) is 0 Å². The molecule has 0 bridgehead atoms. The van der Waals surface area contributed by atoms with Crippen LogP contribution in [0.2, 0.25) is 0 Å². The topological polar surface area (TPSA) is 14.8 Å². The van der Waals surface area contributed by atoms with E-state index in [4.69, 9.17) is 0 Å². The third kappa shape index (κ3) is 4.00. The molecule has 0 saturated heterocycles. The number of rotatable bonds is 5. The monoisotopic (exact) mass is 649 g/mol. The fraction of sp³-hybridized carbons (Fsp3) is 0. The van der Waals surface area contributed by atoms with Crippen molar-refractivity contribution in [1.29, 1.82) is 0 Å². The Hall–Kier alpha value is -6.84. The second-order valence-electron chi connectivity index (χ2n) is 13.3. The van der Waals surface area contributed by atoms with E-state index in [2.05, 4.69) is 202 Å². The third-order valence-electron chi connectivity index (χ3n) is 10.6. The molecule has 0 amide bonds. The van der Waals surface area contributed by atoms with E-state index in [-0.39, 0.29) is 0 Å². The Morgan fingerprint density at radius 2 is 0.725 bits per heavy atom. The van der Waals surface area contributed by atoms with Gasteiger partial charge in [-0.25, -0.2) is 0 Å². The molecule has 0 aliphatic heterocycles. The molecular weight excluding hydrogens is 619 g/mol. The summed E-state index contributed by atoms with van der Waals surface area (Å²) in [7, 11) is 0. The first-order valence-electron chi connectivity index (χ1n) is 17.5. The standard InChI is InChI=1S/C48H31N3/c1-4-15-32(16-5-1)36-22-12-23-37(33-17-6-2-7-18-33)48(36)51-40-24-11-10-21-38(40)39-30-29-35(31-45(39)51)50-43-27-13-25-41-46(43)47-42(26-14-28-44(47)50)49(41)34-19-8-3-9-20-34/h1-31H. The molecule has 3 nitrogen and oxygen atoms in total. The molecule has 11 aromatic rings. The highest BCUT2D eigenvalue weighted by Crippen LogP contribution is 2.45. The molecule has 11 rings (SSSR count). The van der Waals surface area contributed by atoms with Crippen LogP contribution in [0.25, 0.3) is 94.0 Å². The van der Waals surface area contributed by atoms with E-state index in [1.165, 1.54) is 88.3 Å². The third-order valence-corrected chi connectivity index (χ3v) is 10.6. The Morgan fingerprint density at radius 1 is 0.275 bits per heavy atom. The Balaban J connectivity index is 1.24. The van der Waals surface area contributed by atoms with Crippen molar-refractivity contribution < 1.29 is 0 Å². The minimum atomic E-state index is 1.15. The van der Waals surface area contributed by atoms with E-state index in [0.29, 0.717) is 0 Å². The Morgan fingerprint density at radius 3 is 1.31 bits per heavy atom. The van der Waals surface area contributed by atoms with Gasteiger partial charge in [-0.2, -0.15) is 0 Å². The van der Waals surface area contributed by atoms with Crippen molar-refractivity contribution in [3.63, 3.8) is 0 Å². The van der Waals surface area contributed by atoms with E-state index in [1.54, 1.807) is 0 Å². The predicted octanol–water partition coefficient (Wildman–Crippen LogP) is 12.6. The van der Waals surface area contributed by atoms with E-state index in [1.807, 2.05) is 0 Å². The summed E-state index contributed by atoms with van der Waals surface area (Å²) in [6.45, 7) is 0. The molecule has 0 fully saturated rings. The average Bonchev–Trinajstić information content (AvgIpc) is 3.85. The zero-order valence-corrected chi connectivity index (χ0v) is 27.7. The predicted molar refractivity (Wildman–Crippen MR) is 214 cm³/mol. The summed E-state index contributed by atoms with van der Waals surface area (Å²) < 4.78 is 7.37. The van der Waals surface area contributed by atoms with Gasteiger partial charge in [-0.05, 0) is 65.7 Å². The maximum Gasteiger partial charge on any atom is 0.0618 e. The minimum absolute atomic E-state index is 1.15. The fourth-order valence-electron chi connectivity index (χ4n) is 8.53. The Labute approximate surface area is 294 Å². The number of hydrogen-bond acceptors (Lipinski definition) is 0. The second kappa shape index (κ2) is 10.8. The molecule has 0 aliphatic carbocycles. The van der Waals surface area contributed by atoms with Gasteiger partial charge in [0.25, 0.3) is 0 Å². The molecule has 0 saturated carbocycles. The van der Waals surface area contributed by atoms with Crippen molar-refractivity contribution >= 4 is 54.6 Å². The molecular formula is C48H31N3.